The third-order valence-corrected chi connectivity index (χ3v) is 5.93. The summed E-state index contributed by atoms with van der Waals surface area (Å²) in [6, 6.07) is 10.5. The molecule has 0 atom stereocenters. The van der Waals surface area contributed by atoms with E-state index in [9.17, 15) is 9.59 Å². The van der Waals surface area contributed by atoms with Crippen molar-refractivity contribution < 1.29 is 19.1 Å². The molecule has 0 saturated carbocycles. The summed E-state index contributed by atoms with van der Waals surface area (Å²) in [6.07, 6.45) is 4.47. The van der Waals surface area contributed by atoms with Crippen LogP contribution < -0.4 is 9.47 Å². The Balaban J connectivity index is 1.34. The SMILES string of the molecule is O=C(c1ccc2c(c1)OCCO2)C1CCN(C(=O)/C=C/c2ccc(Cl)cc2Cl)CC1. The summed E-state index contributed by atoms with van der Waals surface area (Å²) in [6.45, 7) is 2.09. The third kappa shape index (κ3) is 4.63. The number of amides is 1. The van der Waals surface area contributed by atoms with Crippen LogP contribution in [0.15, 0.2) is 42.5 Å². The van der Waals surface area contributed by atoms with Crippen molar-refractivity contribution in [2.45, 2.75) is 12.8 Å². The Hall–Kier alpha value is -2.50. The molecule has 0 N–H and O–H groups in total. The molecule has 0 spiro atoms. The average molecular weight is 446 g/mol. The van der Waals surface area contributed by atoms with E-state index in [1.807, 2.05) is 0 Å². The third-order valence-electron chi connectivity index (χ3n) is 5.37. The van der Waals surface area contributed by atoms with Crippen LogP contribution in [0.5, 0.6) is 11.5 Å². The molecule has 2 heterocycles. The topological polar surface area (TPSA) is 55.8 Å². The number of fused-ring (bicyclic) bond motifs is 1. The highest BCUT2D eigenvalue weighted by Crippen LogP contribution is 2.32. The largest absolute Gasteiger partial charge is 0.486 e. The highest BCUT2D eigenvalue weighted by Gasteiger charge is 2.28. The Morgan fingerprint density at radius 3 is 2.43 bits per heavy atom. The second kappa shape index (κ2) is 9.11. The van der Waals surface area contributed by atoms with Crippen molar-refractivity contribution in [1.29, 1.82) is 0 Å². The number of likely N-dealkylation sites (tertiary alicyclic amines) is 1. The Morgan fingerprint density at radius 1 is 0.967 bits per heavy atom. The van der Waals surface area contributed by atoms with Crippen LogP contribution in [-0.4, -0.2) is 42.9 Å². The molecule has 4 rings (SSSR count). The number of nitrogens with zero attached hydrogens (tertiary/aromatic N) is 1. The molecular formula is C23H21Cl2NO4. The number of halogens is 2. The molecule has 1 saturated heterocycles. The number of ketones is 1. The maximum absolute atomic E-state index is 12.9. The number of carbonyl (C=O) groups excluding carboxylic acids is 2. The molecule has 2 aromatic rings. The molecule has 2 aliphatic rings. The molecule has 2 aliphatic heterocycles. The minimum atomic E-state index is -0.105. The summed E-state index contributed by atoms with van der Waals surface area (Å²) in [5.41, 5.74) is 1.36. The quantitative estimate of drug-likeness (QED) is 0.495. The maximum Gasteiger partial charge on any atom is 0.246 e. The molecule has 0 bridgehead atoms. The van der Waals surface area contributed by atoms with Crippen molar-refractivity contribution in [2.75, 3.05) is 26.3 Å². The number of hydrogen-bond acceptors (Lipinski definition) is 4. The summed E-state index contributed by atoms with van der Waals surface area (Å²) in [7, 11) is 0. The lowest BCUT2D eigenvalue weighted by Crippen LogP contribution is -2.39. The second-order valence-corrected chi connectivity index (χ2v) is 8.17. The number of hydrogen-bond donors (Lipinski definition) is 0. The van der Waals surface area contributed by atoms with Crippen LogP contribution >= 0.6 is 23.2 Å². The van der Waals surface area contributed by atoms with Gasteiger partial charge in [0.2, 0.25) is 5.91 Å². The predicted molar refractivity (Wildman–Crippen MR) is 117 cm³/mol. The van der Waals surface area contributed by atoms with Crippen molar-refractivity contribution in [3.63, 3.8) is 0 Å². The van der Waals surface area contributed by atoms with Crippen molar-refractivity contribution >= 4 is 41.0 Å². The van der Waals surface area contributed by atoms with Gasteiger partial charge in [0.1, 0.15) is 13.2 Å². The number of carbonyl (C=O) groups is 2. The van der Waals surface area contributed by atoms with Gasteiger partial charge < -0.3 is 14.4 Å². The fraction of sp³-hybridized carbons (Fsp3) is 0.304. The molecule has 1 fully saturated rings. The van der Waals surface area contributed by atoms with Crippen molar-refractivity contribution in [3.8, 4) is 11.5 Å². The fourth-order valence-electron chi connectivity index (χ4n) is 3.70. The van der Waals surface area contributed by atoms with Gasteiger partial charge in [-0.1, -0.05) is 29.3 Å². The fourth-order valence-corrected chi connectivity index (χ4v) is 4.17. The van der Waals surface area contributed by atoms with E-state index < -0.39 is 0 Å². The zero-order valence-electron chi connectivity index (χ0n) is 16.3. The molecule has 7 heteroatoms. The van der Waals surface area contributed by atoms with Crippen LogP contribution in [0.4, 0.5) is 0 Å². The van der Waals surface area contributed by atoms with Crippen LogP contribution in [0.1, 0.15) is 28.8 Å². The monoisotopic (exact) mass is 445 g/mol. The molecule has 156 valence electrons. The second-order valence-electron chi connectivity index (χ2n) is 7.32. The zero-order valence-corrected chi connectivity index (χ0v) is 17.8. The van der Waals surface area contributed by atoms with Crippen LogP contribution in [0.3, 0.4) is 0 Å². The maximum atomic E-state index is 12.9. The standard InChI is InChI=1S/C23H21Cl2NO4/c24-18-4-1-15(19(25)14-18)3-6-22(27)26-9-7-16(8-10-26)23(28)17-2-5-20-21(13-17)30-12-11-29-20/h1-6,13-14,16H,7-12H2/b6-3+. The van der Waals surface area contributed by atoms with Gasteiger partial charge in [0, 0.05) is 40.7 Å². The minimum Gasteiger partial charge on any atom is -0.486 e. The Labute approximate surface area is 185 Å². The van der Waals surface area contributed by atoms with Crippen LogP contribution in [0.25, 0.3) is 6.08 Å². The highest BCUT2D eigenvalue weighted by atomic mass is 35.5. The van der Waals surface area contributed by atoms with E-state index in [0.29, 0.717) is 66.3 Å². The number of ether oxygens (including phenoxy) is 2. The molecule has 0 unspecified atom stereocenters. The lowest BCUT2D eigenvalue weighted by atomic mass is 9.88. The van der Waals surface area contributed by atoms with Crippen LogP contribution in [-0.2, 0) is 4.79 Å². The molecule has 0 aromatic heterocycles. The van der Waals surface area contributed by atoms with Crippen molar-refractivity contribution in [3.05, 3.63) is 63.6 Å². The first-order valence-electron chi connectivity index (χ1n) is 9.87. The Bertz CT molecular complexity index is 997. The molecule has 30 heavy (non-hydrogen) atoms. The van der Waals surface area contributed by atoms with E-state index in [0.717, 1.165) is 5.56 Å². The van der Waals surface area contributed by atoms with E-state index in [-0.39, 0.29) is 17.6 Å². The summed E-state index contributed by atoms with van der Waals surface area (Å²) in [5, 5.41) is 1.04. The molecule has 0 radical (unpaired) electrons. The molecular weight excluding hydrogens is 425 g/mol. The summed E-state index contributed by atoms with van der Waals surface area (Å²) in [4.78, 5) is 27.2. The van der Waals surface area contributed by atoms with E-state index in [4.69, 9.17) is 32.7 Å². The smallest absolute Gasteiger partial charge is 0.246 e. The summed E-state index contributed by atoms with van der Waals surface area (Å²) >= 11 is 12.0. The summed E-state index contributed by atoms with van der Waals surface area (Å²) in [5.74, 6) is 1.18. The minimum absolute atomic E-state index is 0.0857. The summed E-state index contributed by atoms with van der Waals surface area (Å²) < 4.78 is 11.1. The van der Waals surface area contributed by atoms with Gasteiger partial charge in [0.05, 0.1) is 0 Å². The Morgan fingerprint density at radius 2 is 1.70 bits per heavy atom. The number of rotatable bonds is 4. The van der Waals surface area contributed by atoms with E-state index >= 15 is 0 Å². The van der Waals surface area contributed by atoms with E-state index in [1.165, 1.54) is 6.08 Å². The van der Waals surface area contributed by atoms with Gasteiger partial charge >= 0.3 is 0 Å². The first-order valence-corrected chi connectivity index (χ1v) is 10.6. The van der Waals surface area contributed by atoms with Crippen LogP contribution in [0, 0.1) is 5.92 Å². The van der Waals surface area contributed by atoms with Crippen molar-refractivity contribution in [2.24, 2.45) is 5.92 Å². The molecule has 0 aliphatic carbocycles. The van der Waals surface area contributed by atoms with Gasteiger partial charge in [-0.05, 0) is 54.8 Å². The van der Waals surface area contributed by atoms with Gasteiger partial charge in [0.25, 0.3) is 0 Å². The van der Waals surface area contributed by atoms with Gasteiger partial charge in [0.15, 0.2) is 17.3 Å². The average Bonchev–Trinajstić information content (AvgIpc) is 2.77. The van der Waals surface area contributed by atoms with Gasteiger partial charge in [-0.3, -0.25) is 9.59 Å². The first-order chi connectivity index (χ1) is 14.5. The highest BCUT2D eigenvalue weighted by molar-refractivity contribution is 6.35. The zero-order chi connectivity index (χ0) is 21.1. The number of piperidine rings is 1. The Kier molecular flexibility index (Phi) is 6.30. The lowest BCUT2D eigenvalue weighted by molar-refractivity contribution is -0.127. The first kappa shape index (κ1) is 20.8. The molecule has 2 aromatic carbocycles. The van der Waals surface area contributed by atoms with Gasteiger partial charge in [-0.15, -0.1) is 0 Å². The van der Waals surface area contributed by atoms with Crippen molar-refractivity contribution in [1.82, 2.24) is 4.90 Å². The normalized spacial score (nSPS) is 16.7. The van der Waals surface area contributed by atoms with Crippen LogP contribution in [0.2, 0.25) is 10.0 Å². The predicted octanol–water partition coefficient (Wildman–Crippen LogP) is 4.90. The van der Waals surface area contributed by atoms with Gasteiger partial charge in [-0.2, -0.15) is 0 Å². The number of Topliss-reactive ketones (excluding diaryl/α,β-unsaturated/α-hetero) is 1. The lowest BCUT2D eigenvalue weighted by Gasteiger charge is -2.30. The van der Waals surface area contributed by atoms with Gasteiger partial charge in [-0.25, -0.2) is 0 Å². The molecule has 5 nitrogen and oxygen atoms in total. The van der Waals surface area contributed by atoms with E-state index in [1.54, 1.807) is 47.4 Å². The van der Waals surface area contributed by atoms with E-state index in [2.05, 4.69) is 0 Å². The molecule has 1 amide bonds. The number of benzene rings is 2.